The molecule has 8 heteroatoms. The molecule has 0 heterocycles. The smallest absolute Gasteiger partial charge is 0.396 e. The van der Waals surface area contributed by atoms with Crippen LogP contribution in [-0.4, -0.2) is 34.5 Å². The largest absolute Gasteiger partial charge is 0.399 e. The van der Waals surface area contributed by atoms with Gasteiger partial charge < -0.3 is 14.2 Å². The zero-order valence-corrected chi connectivity index (χ0v) is 13.6. The molecule has 110 valence electrons. The van der Waals surface area contributed by atoms with Crippen molar-refractivity contribution in [2.75, 3.05) is 19.8 Å². The van der Waals surface area contributed by atoms with Crippen molar-refractivity contribution in [1.29, 1.82) is 0 Å². The third-order valence-corrected chi connectivity index (χ3v) is 5.38. The molecule has 0 fully saturated rings. The van der Waals surface area contributed by atoms with Gasteiger partial charge in [0.2, 0.25) is 0 Å². The monoisotopic (exact) mass is 400 g/mol. The maximum absolute atomic E-state index is 13.9. The second-order valence-electron chi connectivity index (χ2n) is 3.67. The zero-order valence-electron chi connectivity index (χ0n) is 10.6. The van der Waals surface area contributed by atoms with Crippen molar-refractivity contribution in [3.63, 3.8) is 0 Å². The quantitative estimate of drug-likeness (QED) is 0.344. The van der Waals surface area contributed by atoms with Gasteiger partial charge in [-0.25, -0.2) is 0 Å². The number of halogens is 3. The van der Waals surface area contributed by atoms with Crippen LogP contribution in [0.25, 0.3) is 0 Å². The summed E-state index contributed by atoms with van der Waals surface area (Å²) >= 11 is 1.86. The van der Waals surface area contributed by atoms with Gasteiger partial charge in [0.25, 0.3) is 0 Å². The Morgan fingerprint density at radius 3 is 2.22 bits per heavy atom. The minimum absolute atomic E-state index is 0.0420. The number of hydrogen-bond acceptors (Lipinski definition) is 4. The molecule has 1 unspecified atom stereocenters. The van der Waals surface area contributed by atoms with Crippen molar-refractivity contribution in [3.05, 3.63) is 0 Å². The predicted octanol–water partition coefficient (Wildman–Crippen LogP) is 3.81. The molecule has 18 heavy (non-hydrogen) atoms. The summed E-state index contributed by atoms with van der Waals surface area (Å²) in [5.41, 5.74) is -3.50. The van der Waals surface area contributed by atoms with Crippen LogP contribution in [0.1, 0.15) is 33.1 Å². The molecule has 1 atom stereocenters. The fourth-order valence-electron chi connectivity index (χ4n) is 1.36. The van der Waals surface area contributed by atoms with E-state index in [9.17, 15) is 13.3 Å². The van der Waals surface area contributed by atoms with Gasteiger partial charge in [-0.2, -0.15) is 8.78 Å². The number of hydrogen-bond donors (Lipinski definition) is 1. The number of alkyl halides is 3. The molecule has 0 bridgehead atoms. The summed E-state index contributed by atoms with van der Waals surface area (Å²) in [6.07, 6.45) is 0.299. The van der Waals surface area contributed by atoms with Crippen LogP contribution in [0.15, 0.2) is 0 Å². The molecule has 0 saturated heterocycles. The zero-order chi connectivity index (χ0) is 14.2. The van der Waals surface area contributed by atoms with Gasteiger partial charge in [0.15, 0.2) is 0 Å². The Balaban J connectivity index is 4.68. The van der Waals surface area contributed by atoms with E-state index in [1.54, 1.807) is 0 Å². The van der Waals surface area contributed by atoms with Crippen molar-refractivity contribution in [2.45, 2.75) is 42.7 Å². The van der Waals surface area contributed by atoms with Crippen LogP contribution >= 0.6 is 30.2 Å². The first-order valence-electron chi connectivity index (χ1n) is 5.85. The van der Waals surface area contributed by atoms with Gasteiger partial charge in [0, 0.05) is 17.0 Å². The minimum Gasteiger partial charge on any atom is -0.396 e. The third kappa shape index (κ3) is 5.77. The van der Waals surface area contributed by atoms with E-state index >= 15 is 0 Å². The van der Waals surface area contributed by atoms with Gasteiger partial charge in [-0.05, 0) is 26.7 Å². The lowest BCUT2D eigenvalue weighted by Gasteiger charge is -2.27. The minimum atomic E-state index is -4.41. The fourth-order valence-corrected chi connectivity index (χ4v) is 4.28. The molecule has 0 aromatic heterocycles. The van der Waals surface area contributed by atoms with Gasteiger partial charge in [-0.15, -0.1) is 0 Å². The molecule has 0 aromatic carbocycles. The first-order valence-corrected chi connectivity index (χ1v) is 8.63. The van der Waals surface area contributed by atoms with Gasteiger partial charge in [0.05, 0.1) is 13.2 Å². The van der Waals surface area contributed by atoms with Crippen LogP contribution in [0.5, 0.6) is 0 Å². The van der Waals surface area contributed by atoms with Crippen molar-refractivity contribution in [2.24, 2.45) is 0 Å². The topological polar surface area (TPSA) is 55.8 Å². The van der Waals surface area contributed by atoms with E-state index in [4.69, 9.17) is 5.11 Å². The summed E-state index contributed by atoms with van der Waals surface area (Å²) in [7, 11) is -4.41. The van der Waals surface area contributed by atoms with Crippen LogP contribution in [0.2, 0.25) is 0 Å². The molecule has 0 aliphatic rings. The predicted molar refractivity (Wildman–Crippen MR) is 74.6 cm³/mol. The Hall–Kier alpha value is 0.700. The van der Waals surface area contributed by atoms with E-state index < -0.39 is 19.7 Å². The van der Waals surface area contributed by atoms with Crippen LogP contribution in [0.3, 0.4) is 0 Å². The Kier molecular flexibility index (Phi) is 9.13. The maximum Gasteiger partial charge on any atom is 0.399 e. The highest BCUT2D eigenvalue weighted by molar-refractivity contribution is 14.1. The molecular weight excluding hydrogens is 380 g/mol. The Labute approximate surface area is 120 Å². The van der Waals surface area contributed by atoms with Crippen molar-refractivity contribution < 1.29 is 27.5 Å². The molecule has 0 rings (SSSR count). The first kappa shape index (κ1) is 18.7. The van der Waals surface area contributed by atoms with Gasteiger partial charge in [-0.1, -0.05) is 22.6 Å². The highest BCUT2D eigenvalue weighted by Gasteiger charge is 2.53. The molecule has 0 saturated carbocycles. The van der Waals surface area contributed by atoms with Crippen LogP contribution in [-0.2, 0) is 13.6 Å². The van der Waals surface area contributed by atoms with Crippen LogP contribution in [0.4, 0.5) is 8.78 Å². The number of rotatable bonds is 10. The molecule has 0 amide bonds. The molecule has 0 aliphatic carbocycles. The molecule has 1 N–H and O–H groups in total. The second-order valence-corrected chi connectivity index (χ2v) is 7.59. The Morgan fingerprint density at radius 1 is 1.33 bits per heavy atom. The Bertz CT molecular complexity index is 269. The van der Waals surface area contributed by atoms with Crippen molar-refractivity contribution in [1.82, 2.24) is 0 Å². The van der Waals surface area contributed by atoms with E-state index in [2.05, 4.69) is 9.05 Å². The lowest BCUT2D eigenvalue weighted by Crippen LogP contribution is -2.24. The summed E-state index contributed by atoms with van der Waals surface area (Å²) in [6, 6.07) is 0. The lowest BCUT2D eigenvalue weighted by molar-refractivity contribution is 0.0316. The van der Waals surface area contributed by atoms with E-state index in [0.717, 1.165) is 0 Å². The third-order valence-electron chi connectivity index (χ3n) is 2.14. The summed E-state index contributed by atoms with van der Waals surface area (Å²) in [6.45, 7) is 2.77. The molecule has 0 aliphatic heterocycles. The maximum atomic E-state index is 13.9. The highest BCUT2D eigenvalue weighted by atomic mass is 127. The SMILES string of the molecule is CCOP(=O)(OCC)C(F)(F)CC(I)CCCO. The normalized spacial score (nSPS) is 14.8. The van der Waals surface area contributed by atoms with E-state index in [1.807, 2.05) is 22.6 Å². The van der Waals surface area contributed by atoms with Crippen LogP contribution in [0, 0.1) is 0 Å². The summed E-state index contributed by atoms with van der Waals surface area (Å²) in [4.78, 5) is 0. The van der Waals surface area contributed by atoms with Crippen molar-refractivity contribution >= 4 is 30.2 Å². The average Bonchev–Trinajstić information content (AvgIpc) is 2.26. The fraction of sp³-hybridized carbons (Fsp3) is 1.00. The van der Waals surface area contributed by atoms with Crippen LogP contribution < -0.4 is 0 Å². The number of aliphatic hydroxyl groups is 1. The molecule has 4 nitrogen and oxygen atoms in total. The lowest BCUT2D eigenvalue weighted by atomic mass is 10.2. The molecule has 0 aromatic rings. The van der Waals surface area contributed by atoms with E-state index in [0.29, 0.717) is 12.8 Å². The summed E-state index contributed by atoms with van der Waals surface area (Å²) < 4.78 is 48.8. The second kappa shape index (κ2) is 8.79. The van der Waals surface area contributed by atoms with Gasteiger partial charge >= 0.3 is 13.3 Å². The van der Waals surface area contributed by atoms with E-state index in [-0.39, 0.29) is 23.7 Å². The van der Waals surface area contributed by atoms with Gasteiger partial charge in [-0.3, -0.25) is 4.57 Å². The number of aliphatic hydroxyl groups excluding tert-OH is 1. The average molecular weight is 400 g/mol. The molecule has 0 spiro atoms. The molecular formula is C10H20F2IO4P. The summed E-state index contributed by atoms with van der Waals surface area (Å²) in [5, 5.41) is 8.65. The first-order chi connectivity index (χ1) is 8.33. The van der Waals surface area contributed by atoms with E-state index in [1.165, 1.54) is 13.8 Å². The Morgan fingerprint density at radius 2 is 1.83 bits per heavy atom. The summed E-state index contributed by atoms with van der Waals surface area (Å²) in [5.74, 6) is 0. The standard InChI is InChI=1S/C10H20F2IO4P/c1-3-16-18(15,17-4-2)10(11,12)8-9(13)6-5-7-14/h9,14H,3-8H2,1-2H3. The van der Waals surface area contributed by atoms with Gasteiger partial charge in [0.1, 0.15) is 0 Å². The molecule has 0 radical (unpaired) electrons. The van der Waals surface area contributed by atoms with Crippen molar-refractivity contribution in [3.8, 4) is 0 Å². The highest BCUT2D eigenvalue weighted by Crippen LogP contribution is 2.64.